The second kappa shape index (κ2) is 5.08. The summed E-state index contributed by atoms with van der Waals surface area (Å²) in [6.45, 7) is 0.353. The highest BCUT2D eigenvalue weighted by Crippen LogP contribution is 2.11. The van der Waals surface area contributed by atoms with Crippen LogP contribution < -0.4 is 5.32 Å². The maximum Gasteiger partial charge on any atom is 0.234 e. The normalized spacial score (nSPS) is 9.82. The van der Waals surface area contributed by atoms with E-state index in [1.54, 1.807) is 6.07 Å². The molecule has 0 radical (unpaired) electrons. The summed E-state index contributed by atoms with van der Waals surface area (Å²) in [6, 6.07) is 13.4. The summed E-state index contributed by atoms with van der Waals surface area (Å²) in [5, 5.41) is 12.1. The van der Waals surface area contributed by atoms with Crippen molar-refractivity contribution in [2.24, 2.45) is 0 Å². The van der Waals surface area contributed by atoms with Crippen molar-refractivity contribution in [3.05, 3.63) is 42.1 Å². The molecular formula is C13H11N3O. The number of nitrogens with one attached hydrogen (secondary N) is 1. The summed E-state index contributed by atoms with van der Waals surface area (Å²) < 4.78 is 0. The lowest BCUT2D eigenvalue weighted by molar-refractivity contribution is -0.120. The molecule has 0 spiro atoms. The molecule has 0 aliphatic rings. The maximum absolute atomic E-state index is 11.1. The number of nitriles is 1. The molecule has 0 unspecified atom stereocenters. The third kappa shape index (κ3) is 2.79. The first-order chi connectivity index (χ1) is 8.29. The number of carbonyl (C=O) groups is 1. The molecule has 1 aromatic heterocycles. The fraction of sp³-hybridized carbons (Fsp3) is 0.154. The molecule has 4 nitrogen and oxygen atoms in total. The molecule has 2 aromatic rings. The number of amides is 1. The number of pyridine rings is 1. The van der Waals surface area contributed by atoms with Gasteiger partial charge in [0.05, 0.1) is 23.8 Å². The topological polar surface area (TPSA) is 65.8 Å². The number of fused-ring (bicyclic) bond motifs is 1. The Balaban J connectivity index is 2.10. The van der Waals surface area contributed by atoms with E-state index in [1.807, 2.05) is 36.4 Å². The molecule has 0 saturated heterocycles. The SMILES string of the molecule is N#CCC(=O)NCc1ccc2ccccc2n1. The Morgan fingerprint density at radius 3 is 2.94 bits per heavy atom. The molecule has 17 heavy (non-hydrogen) atoms. The molecule has 0 atom stereocenters. The molecule has 0 fully saturated rings. The van der Waals surface area contributed by atoms with Gasteiger partial charge in [-0.1, -0.05) is 24.3 Å². The fourth-order valence-electron chi connectivity index (χ4n) is 1.53. The van der Waals surface area contributed by atoms with Crippen LogP contribution in [0.4, 0.5) is 0 Å². The molecular weight excluding hydrogens is 214 g/mol. The Labute approximate surface area is 98.9 Å². The minimum atomic E-state index is -0.276. The van der Waals surface area contributed by atoms with E-state index in [0.29, 0.717) is 6.54 Å². The second-order valence-electron chi connectivity index (χ2n) is 3.61. The lowest BCUT2D eigenvalue weighted by atomic mass is 10.2. The average Bonchev–Trinajstić information content (AvgIpc) is 2.36. The van der Waals surface area contributed by atoms with Crippen LogP contribution in [0, 0.1) is 11.3 Å². The maximum atomic E-state index is 11.1. The third-order valence-electron chi connectivity index (χ3n) is 2.36. The highest BCUT2D eigenvalue weighted by Gasteiger charge is 2.01. The lowest BCUT2D eigenvalue weighted by Gasteiger charge is -2.03. The van der Waals surface area contributed by atoms with Crippen molar-refractivity contribution in [3.63, 3.8) is 0 Å². The molecule has 0 aliphatic heterocycles. The van der Waals surface area contributed by atoms with Crippen LogP contribution in [0.15, 0.2) is 36.4 Å². The van der Waals surface area contributed by atoms with Crippen molar-refractivity contribution < 1.29 is 4.79 Å². The number of nitrogens with zero attached hydrogens (tertiary/aromatic N) is 2. The van der Waals surface area contributed by atoms with E-state index in [0.717, 1.165) is 16.6 Å². The predicted octanol–water partition coefficient (Wildman–Crippen LogP) is 1.76. The van der Waals surface area contributed by atoms with E-state index in [1.165, 1.54) is 0 Å². The third-order valence-corrected chi connectivity index (χ3v) is 2.36. The van der Waals surface area contributed by atoms with Crippen LogP contribution in [0.1, 0.15) is 12.1 Å². The zero-order valence-electron chi connectivity index (χ0n) is 9.18. The molecule has 1 amide bonds. The van der Waals surface area contributed by atoms with Crippen molar-refractivity contribution in [1.29, 1.82) is 5.26 Å². The zero-order valence-corrected chi connectivity index (χ0v) is 9.18. The van der Waals surface area contributed by atoms with Gasteiger partial charge in [-0.2, -0.15) is 5.26 Å². The van der Waals surface area contributed by atoms with Gasteiger partial charge in [-0.15, -0.1) is 0 Å². The van der Waals surface area contributed by atoms with Crippen LogP contribution in [-0.2, 0) is 11.3 Å². The summed E-state index contributed by atoms with van der Waals surface area (Å²) in [5.41, 5.74) is 1.69. The Morgan fingerprint density at radius 1 is 1.29 bits per heavy atom. The highest BCUT2D eigenvalue weighted by molar-refractivity contribution is 5.79. The monoisotopic (exact) mass is 225 g/mol. The Kier molecular flexibility index (Phi) is 3.31. The summed E-state index contributed by atoms with van der Waals surface area (Å²) in [4.78, 5) is 15.5. The van der Waals surface area contributed by atoms with E-state index < -0.39 is 0 Å². The average molecular weight is 225 g/mol. The van der Waals surface area contributed by atoms with Gasteiger partial charge in [-0.25, -0.2) is 0 Å². The van der Waals surface area contributed by atoms with Gasteiger partial charge in [-0.3, -0.25) is 9.78 Å². The quantitative estimate of drug-likeness (QED) is 0.865. The lowest BCUT2D eigenvalue weighted by Crippen LogP contribution is -2.22. The van der Waals surface area contributed by atoms with E-state index in [9.17, 15) is 4.79 Å². The van der Waals surface area contributed by atoms with E-state index in [2.05, 4.69) is 10.3 Å². The van der Waals surface area contributed by atoms with E-state index in [-0.39, 0.29) is 12.3 Å². The van der Waals surface area contributed by atoms with Crippen LogP contribution in [0.25, 0.3) is 10.9 Å². The van der Waals surface area contributed by atoms with Crippen LogP contribution in [0.2, 0.25) is 0 Å². The van der Waals surface area contributed by atoms with Gasteiger partial charge in [0, 0.05) is 5.39 Å². The van der Waals surface area contributed by atoms with Crippen molar-refractivity contribution >= 4 is 16.8 Å². The van der Waals surface area contributed by atoms with Gasteiger partial charge in [0.2, 0.25) is 5.91 Å². The van der Waals surface area contributed by atoms with E-state index in [4.69, 9.17) is 5.26 Å². The smallest absolute Gasteiger partial charge is 0.234 e. The zero-order chi connectivity index (χ0) is 12.1. The number of hydrogen-bond donors (Lipinski definition) is 1. The minimum Gasteiger partial charge on any atom is -0.350 e. The molecule has 0 bridgehead atoms. The van der Waals surface area contributed by atoms with Crippen LogP contribution in [0.5, 0.6) is 0 Å². The molecule has 1 N–H and O–H groups in total. The number of aromatic nitrogens is 1. The van der Waals surface area contributed by atoms with Gasteiger partial charge < -0.3 is 5.32 Å². The van der Waals surface area contributed by atoms with Crippen LogP contribution in [0.3, 0.4) is 0 Å². The first kappa shape index (κ1) is 11.1. The number of para-hydroxylation sites is 1. The number of benzene rings is 1. The molecule has 1 aromatic carbocycles. The summed E-state index contributed by atoms with van der Waals surface area (Å²) in [6.07, 6.45) is -0.117. The molecule has 4 heteroatoms. The summed E-state index contributed by atoms with van der Waals surface area (Å²) in [5.74, 6) is -0.276. The van der Waals surface area contributed by atoms with Crippen molar-refractivity contribution in [2.45, 2.75) is 13.0 Å². The summed E-state index contributed by atoms with van der Waals surface area (Å²) >= 11 is 0. The molecule has 0 saturated carbocycles. The molecule has 84 valence electrons. The van der Waals surface area contributed by atoms with Crippen molar-refractivity contribution in [3.8, 4) is 6.07 Å². The van der Waals surface area contributed by atoms with Gasteiger partial charge in [0.15, 0.2) is 0 Å². The molecule has 2 rings (SSSR count). The van der Waals surface area contributed by atoms with E-state index >= 15 is 0 Å². The molecule has 0 aliphatic carbocycles. The number of hydrogen-bond acceptors (Lipinski definition) is 3. The highest BCUT2D eigenvalue weighted by atomic mass is 16.1. The van der Waals surface area contributed by atoms with Gasteiger partial charge >= 0.3 is 0 Å². The Bertz CT molecular complexity index is 586. The first-order valence-corrected chi connectivity index (χ1v) is 5.28. The van der Waals surface area contributed by atoms with Gasteiger partial charge in [0.1, 0.15) is 6.42 Å². The Hall–Kier alpha value is -2.41. The first-order valence-electron chi connectivity index (χ1n) is 5.28. The standard InChI is InChI=1S/C13H11N3O/c14-8-7-13(17)15-9-11-6-5-10-3-1-2-4-12(10)16-11/h1-6H,7,9H2,(H,15,17). The summed E-state index contributed by atoms with van der Waals surface area (Å²) in [7, 11) is 0. The largest absolute Gasteiger partial charge is 0.350 e. The number of carbonyl (C=O) groups excluding carboxylic acids is 1. The minimum absolute atomic E-state index is 0.117. The van der Waals surface area contributed by atoms with Crippen molar-refractivity contribution in [1.82, 2.24) is 10.3 Å². The Morgan fingerprint density at radius 2 is 2.12 bits per heavy atom. The van der Waals surface area contributed by atoms with Gasteiger partial charge in [-0.05, 0) is 12.1 Å². The predicted molar refractivity (Wildman–Crippen MR) is 63.8 cm³/mol. The molecule has 1 heterocycles. The van der Waals surface area contributed by atoms with Crippen molar-refractivity contribution in [2.75, 3.05) is 0 Å². The second-order valence-corrected chi connectivity index (χ2v) is 3.61. The van der Waals surface area contributed by atoms with Crippen LogP contribution >= 0.6 is 0 Å². The van der Waals surface area contributed by atoms with Crippen LogP contribution in [-0.4, -0.2) is 10.9 Å². The van der Waals surface area contributed by atoms with Gasteiger partial charge in [0.25, 0.3) is 0 Å². The fourth-order valence-corrected chi connectivity index (χ4v) is 1.53. The number of rotatable bonds is 3.